The number of fused-ring (bicyclic) bond motifs is 2. The van der Waals surface area contributed by atoms with E-state index in [1.807, 2.05) is 11.1 Å². The largest absolute Gasteiger partial charge is 0.497 e. The van der Waals surface area contributed by atoms with Gasteiger partial charge in [0.1, 0.15) is 5.75 Å². The van der Waals surface area contributed by atoms with Crippen LogP contribution in [0.4, 0.5) is 0 Å². The Bertz CT molecular complexity index is 1240. The van der Waals surface area contributed by atoms with Crippen LogP contribution in [-0.2, 0) is 24.1 Å². The number of hydrogen-bond acceptors (Lipinski definition) is 5. The number of amides is 1. The van der Waals surface area contributed by atoms with Gasteiger partial charge in [0.15, 0.2) is 0 Å². The maximum absolute atomic E-state index is 13.0. The number of ether oxygens (including phenoxy) is 1. The lowest BCUT2D eigenvalue weighted by molar-refractivity contribution is -0.904. The van der Waals surface area contributed by atoms with E-state index in [9.17, 15) is 10.0 Å². The predicted molar refractivity (Wildman–Crippen MR) is 135 cm³/mol. The SMILES string of the molecule is COc1cc(C)c2c(c1)CCc1cc(Br)cnc1C2N1CCN(C(=O)Cc2cc[n+](O)cc2)CC1. The van der Waals surface area contributed by atoms with E-state index in [2.05, 4.69) is 46.0 Å². The first-order valence-corrected chi connectivity index (χ1v) is 12.7. The van der Waals surface area contributed by atoms with Gasteiger partial charge in [-0.25, -0.2) is 0 Å². The molecule has 1 N–H and O–H groups in total. The molecule has 8 heteroatoms. The number of rotatable bonds is 4. The minimum atomic E-state index is 0.0490. The first-order chi connectivity index (χ1) is 16.9. The van der Waals surface area contributed by atoms with Crippen LogP contribution in [0.5, 0.6) is 5.75 Å². The van der Waals surface area contributed by atoms with Crippen LogP contribution in [0.25, 0.3) is 0 Å². The number of pyridine rings is 2. The van der Waals surface area contributed by atoms with Crippen LogP contribution in [0, 0.1) is 6.92 Å². The first-order valence-electron chi connectivity index (χ1n) is 12.0. The van der Waals surface area contributed by atoms with Gasteiger partial charge in [0, 0.05) is 53.7 Å². The molecule has 1 fully saturated rings. The molecule has 7 nitrogen and oxygen atoms in total. The standard InChI is InChI=1S/C27H30BrN4O3/c1-18-13-23(35-2)16-20-3-4-21-15-22(28)17-29-26(21)27(25(18)20)31-11-9-30(10-12-31)24(33)14-19-5-7-32(34)8-6-19/h5-8,13,15-17,27,34H,3-4,9-12,14H2,1-2H3/q+1. The molecule has 0 spiro atoms. The lowest BCUT2D eigenvalue weighted by Gasteiger charge is -2.40. The van der Waals surface area contributed by atoms with Crippen molar-refractivity contribution in [2.45, 2.75) is 32.2 Å². The summed E-state index contributed by atoms with van der Waals surface area (Å²) in [7, 11) is 1.72. The van der Waals surface area contributed by atoms with E-state index in [0.717, 1.165) is 52.1 Å². The molecule has 2 aromatic heterocycles. The highest BCUT2D eigenvalue weighted by Crippen LogP contribution is 2.40. The summed E-state index contributed by atoms with van der Waals surface area (Å²) in [5, 5.41) is 9.42. The van der Waals surface area contributed by atoms with Crippen LogP contribution >= 0.6 is 15.9 Å². The Hall–Kier alpha value is -2.97. The summed E-state index contributed by atoms with van der Waals surface area (Å²) in [6.45, 7) is 5.08. The molecule has 0 saturated carbocycles. The molecule has 0 radical (unpaired) electrons. The van der Waals surface area contributed by atoms with Gasteiger partial charge < -0.3 is 9.64 Å². The van der Waals surface area contributed by atoms with Gasteiger partial charge in [0.05, 0.1) is 25.3 Å². The van der Waals surface area contributed by atoms with Crippen molar-refractivity contribution in [1.82, 2.24) is 14.8 Å². The Labute approximate surface area is 214 Å². The quantitative estimate of drug-likeness (QED) is 0.408. The van der Waals surface area contributed by atoms with Gasteiger partial charge in [0.25, 0.3) is 0 Å². The fourth-order valence-corrected chi connectivity index (χ4v) is 5.71. The Morgan fingerprint density at radius 3 is 2.57 bits per heavy atom. The monoisotopic (exact) mass is 537 g/mol. The third kappa shape index (κ3) is 4.90. The number of halogens is 1. The number of nitrogens with zero attached hydrogens (tertiary/aromatic N) is 4. The van der Waals surface area contributed by atoms with Gasteiger partial charge in [-0.05, 0) is 81.7 Å². The third-order valence-corrected chi connectivity index (χ3v) is 7.55. The van der Waals surface area contributed by atoms with Crippen molar-refractivity contribution in [1.29, 1.82) is 0 Å². The van der Waals surface area contributed by atoms with Crippen LogP contribution in [0.2, 0.25) is 0 Å². The number of carbonyl (C=O) groups is 1. The van der Waals surface area contributed by atoms with Gasteiger partial charge in [0.2, 0.25) is 18.3 Å². The Morgan fingerprint density at radius 1 is 1.14 bits per heavy atom. The van der Waals surface area contributed by atoms with Crippen molar-refractivity contribution in [3.63, 3.8) is 0 Å². The van der Waals surface area contributed by atoms with Gasteiger partial charge in [-0.2, -0.15) is 0 Å². The smallest absolute Gasteiger partial charge is 0.227 e. The van der Waals surface area contributed by atoms with Crippen LogP contribution < -0.4 is 9.47 Å². The molecule has 182 valence electrons. The predicted octanol–water partition coefficient (Wildman–Crippen LogP) is 3.26. The normalized spacial score (nSPS) is 17.9. The number of piperazine rings is 1. The first kappa shape index (κ1) is 23.8. The van der Waals surface area contributed by atoms with Crippen LogP contribution in [0.3, 0.4) is 0 Å². The summed E-state index contributed by atoms with van der Waals surface area (Å²) in [6.07, 6.45) is 7.20. The molecular formula is C27H30BrN4O3+. The molecule has 1 unspecified atom stereocenters. The highest BCUT2D eigenvalue weighted by atomic mass is 79.9. The van der Waals surface area contributed by atoms with Crippen molar-refractivity contribution in [3.05, 3.63) is 86.9 Å². The molecule has 1 aromatic carbocycles. The van der Waals surface area contributed by atoms with Crippen molar-refractivity contribution in [3.8, 4) is 5.75 Å². The minimum Gasteiger partial charge on any atom is -0.497 e. The van der Waals surface area contributed by atoms with E-state index in [-0.39, 0.29) is 11.9 Å². The number of hydrogen-bond donors (Lipinski definition) is 1. The molecule has 1 aliphatic carbocycles. The molecule has 1 amide bonds. The summed E-state index contributed by atoms with van der Waals surface area (Å²) in [6, 6.07) is 10.1. The minimum absolute atomic E-state index is 0.0490. The Kier molecular flexibility index (Phi) is 6.75. The molecule has 2 aliphatic rings. The zero-order valence-corrected chi connectivity index (χ0v) is 21.7. The number of benzene rings is 1. The van der Waals surface area contributed by atoms with Gasteiger partial charge in [-0.1, -0.05) is 0 Å². The molecule has 3 heterocycles. The zero-order valence-electron chi connectivity index (χ0n) is 20.1. The average molecular weight is 538 g/mol. The van der Waals surface area contributed by atoms with Crippen LogP contribution in [-0.4, -0.2) is 59.2 Å². The van der Waals surface area contributed by atoms with E-state index in [0.29, 0.717) is 19.5 Å². The van der Waals surface area contributed by atoms with Gasteiger partial charge in [-0.3, -0.25) is 19.9 Å². The lowest BCUT2D eigenvalue weighted by atomic mass is 9.91. The van der Waals surface area contributed by atoms with Crippen LogP contribution in [0.15, 0.2) is 53.4 Å². The van der Waals surface area contributed by atoms with E-state index in [4.69, 9.17) is 9.72 Å². The van der Waals surface area contributed by atoms with E-state index in [1.54, 1.807) is 31.6 Å². The second kappa shape index (κ2) is 9.95. The molecule has 35 heavy (non-hydrogen) atoms. The highest BCUT2D eigenvalue weighted by molar-refractivity contribution is 9.10. The topological polar surface area (TPSA) is 69.8 Å². The Morgan fingerprint density at radius 2 is 1.86 bits per heavy atom. The van der Waals surface area contributed by atoms with Crippen molar-refractivity contribution >= 4 is 21.8 Å². The van der Waals surface area contributed by atoms with E-state index in [1.165, 1.54) is 22.3 Å². The van der Waals surface area contributed by atoms with Crippen LogP contribution in [0.1, 0.15) is 39.6 Å². The van der Waals surface area contributed by atoms with Crippen molar-refractivity contribution in [2.75, 3.05) is 33.3 Å². The maximum Gasteiger partial charge on any atom is 0.227 e. The van der Waals surface area contributed by atoms with E-state index < -0.39 is 0 Å². The van der Waals surface area contributed by atoms with E-state index >= 15 is 0 Å². The zero-order chi connectivity index (χ0) is 24.5. The fraction of sp³-hybridized carbons (Fsp3) is 0.370. The summed E-state index contributed by atoms with van der Waals surface area (Å²) in [5.74, 6) is 1.01. The average Bonchev–Trinajstić information content (AvgIpc) is 3.02. The Balaban J connectivity index is 1.40. The fourth-order valence-electron chi connectivity index (χ4n) is 5.33. The summed E-state index contributed by atoms with van der Waals surface area (Å²) >= 11 is 3.60. The number of carbonyl (C=O) groups excluding carboxylic acids is 1. The molecule has 1 saturated heterocycles. The van der Waals surface area contributed by atoms with Crippen molar-refractivity contribution < 1.29 is 19.5 Å². The molecule has 5 rings (SSSR count). The van der Waals surface area contributed by atoms with Gasteiger partial charge in [-0.15, -0.1) is 0 Å². The number of aryl methyl sites for hydroxylation is 3. The molecular weight excluding hydrogens is 508 g/mol. The number of methoxy groups -OCH3 is 1. The second-order valence-corrected chi connectivity index (χ2v) is 10.2. The highest BCUT2D eigenvalue weighted by Gasteiger charge is 2.34. The molecule has 0 bridgehead atoms. The van der Waals surface area contributed by atoms with Crippen molar-refractivity contribution in [2.24, 2.45) is 0 Å². The second-order valence-electron chi connectivity index (χ2n) is 9.30. The molecule has 3 aromatic rings. The molecule has 1 atom stereocenters. The lowest BCUT2D eigenvalue weighted by Crippen LogP contribution is -2.50. The number of aromatic nitrogens is 2. The maximum atomic E-state index is 13.0. The van der Waals surface area contributed by atoms with Gasteiger partial charge >= 0.3 is 0 Å². The molecule has 1 aliphatic heterocycles. The summed E-state index contributed by atoms with van der Waals surface area (Å²) in [4.78, 5) is 22.3. The summed E-state index contributed by atoms with van der Waals surface area (Å²) < 4.78 is 7.56. The summed E-state index contributed by atoms with van der Waals surface area (Å²) in [5.41, 5.74) is 7.12. The third-order valence-electron chi connectivity index (χ3n) is 7.12.